The van der Waals surface area contributed by atoms with E-state index in [0.717, 1.165) is 42.8 Å². The van der Waals surface area contributed by atoms with Crippen molar-refractivity contribution in [2.75, 3.05) is 13.1 Å². The number of benzene rings is 1. The molecule has 4 rings (SSSR count). The molecule has 14 heteroatoms. The molecule has 0 aliphatic carbocycles. The number of nitrogens with one attached hydrogen (secondary N) is 1. The van der Waals surface area contributed by atoms with Crippen molar-refractivity contribution < 1.29 is 50.5 Å². The van der Waals surface area contributed by atoms with E-state index in [9.17, 15) is 30.7 Å². The Morgan fingerprint density at radius 2 is 1.64 bits per heavy atom. The monoisotopic (exact) mass is 485 g/mol. The summed E-state index contributed by atoms with van der Waals surface area (Å²) in [6.45, 7) is 2.03. The molecule has 1 saturated heterocycles. The first-order chi connectivity index (χ1) is 15.2. The van der Waals surface area contributed by atoms with Gasteiger partial charge in [-0.3, -0.25) is 0 Å². The van der Waals surface area contributed by atoms with Gasteiger partial charge in [0.05, 0.1) is 24.3 Å². The van der Waals surface area contributed by atoms with Gasteiger partial charge >= 0.3 is 24.3 Å². The molecule has 2 aliphatic heterocycles. The van der Waals surface area contributed by atoms with E-state index in [1.54, 1.807) is 12.1 Å². The Hall–Kier alpha value is -3.16. The van der Waals surface area contributed by atoms with E-state index in [2.05, 4.69) is 14.9 Å². The topological polar surface area (TPSA) is 104 Å². The predicted molar refractivity (Wildman–Crippen MR) is 98.7 cm³/mol. The van der Waals surface area contributed by atoms with Crippen molar-refractivity contribution in [3.05, 3.63) is 42.1 Å². The van der Waals surface area contributed by atoms with E-state index in [-0.39, 0.29) is 11.9 Å². The summed E-state index contributed by atoms with van der Waals surface area (Å²) < 4.78 is 79.9. The summed E-state index contributed by atoms with van der Waals surface area (Å²) in [5, 5.41) is 17.7. The largest absolute Gasteiger partial charge is 0.490 e. The molecule has 1 fully saturated rings. The zero-order valence-corrected chi connectivity index (χ0v) is 16.6. The van der Waals surface area contributed by atoms with Crippen LogP contribution in [0, 0.1) is 11.7 Å². The van der Waals surface area contributed by atoms with E-state index >= 15 is 0 Å². The molecule has 182 valence electrons. The number of carboxylic acid groups (broad SMARTS) is 2. The van der Waals surface area contributed by atoms with Crippen LogP contribution in [0.4, 0.5) is 30.7 Å². The molecule has 2 atom stereocenters. The Balaban J connectivity index is 0.000000230. The van der Waals surface area contributed by atoms with Gasteiger partial charge in [0.25, 0.3) is 0 Å². The summed E-state index contributed by atoms with van der Waals surface area (Å²) >= 11 is 0. The van der Waals surface area contributed by atoms with Gasteiger partial charge in [-0.2, -0.15) is 26.3 Å². The van der Waals surface area contributed by atoms with Gasteiger partial charge in [0, 0.05) is 17.7 Å². The summed E-state index contributed by atoms with van der Waals surface area (Å²) in [5.41, 5.74) is 2.91. The molecule has 0 radical (unpaired) electrons. The number of nitrogens with zero attached hydrogens (tertiary/aromatic N) is 2. The Morgan fingerprint density at radius 3 is 2.12 bits per heavy atom. The lowest BCUT2D eigenvalue weighted by Gasteiger charge is -2.30. The minimum atomic E-state index is -5.08. The number of halogens is 7. The summed E-state index contributed by atoms with van der Waals surface area (Å²) in [5.74, 6) is -5.16. The van der Waals surface area contributed by atoms with Crippen molar-refractivity contribution in [2.24, 2.45) is 5.92 Å². The van der Waals surface area contributed by atoms with Crippen molar-refractivity contribution in [2.45, 2.75) is 31.2 Å². The number of alkyl halides is 6. The van der Waals surface area contributed by atoms with Crippen LogP contribution in [0.2, 0.25) is 0 Å². The third kappa shape index (κ3) is 6.43. The van der Waals surface area contributed by atoms with Crippen LogP contribution in [0.15, 0.2) is 30.7 Å². The molecule has 0 bridgehead atoms. The maximum atomic E-state index is 14.3. The fourth-order valence-electron chi connectivity index (χ4n) is 3.55. The van der Waals surface area contributed by atoms with Crippen molar-refractivity contribution >= 4 is 11.9 Å². The first-order valence-corrected chi connectivity index (χ1v) is 9.36. The van der Waals surface area contributed by atoms with Crippen LogP contribution in [-0.2, 0) is 9.59 Å². The number of rotatable bonds is 1. The number of carbonyl (C=O) groups is 2. The standard InChI is InChI=1S/C15H16FN3.2C2HF3O2/c16-12-5-1-4-11-13-8-18-9-19(13)15(14(11)12)10-3-2-6-17-7-10;2*3-2(4,5)1(6)7/h1,4-5,8-10,15,17H,2-3,6-7H2;2*(H,6,7). The van der Waals surface area contributed by atoms with Crippen molar-refractivity contribution in [1.82, 2.24) is 14.9 Å². The number of hydrogen-bond acceptors (Lipinski definition) is 4. The quantitative estimate of drug-likeness (QED) is 0.530. The van der Waals surface area contributed by atoms with Gasteiger partial charge in [0.15, 0.2) is 0 Å². The molecule has 1 aromatic carbocycles. The molecular weight excluding hydrogens is 467 g/mol. The highest BCUT2D eigenvalue weighted by atomic mass is 19.4. The van der Waals surface area contributed by atoms with Crippen molar-refractivity contribution in [3.8, 4) is 11.3 Å². The second-order valence-corrected chi connectivity index (χ2v) is 7.04. The third-order valence-electron chi connectivity index (χ3n) is 4.86. The van der Waals surface area contributed by atoms with Gasteiger partial charge in [0.1, 0.15) is 5.82 Å². The van der Waals surface area contributed by atoms with Gasteiger partial charge < -0.3 is 20.1 Å². The fourth-order valence-corrected chi connectivity index (χ4v) is 3.55. The summed E-state index contributed by atoms with van der Waals surface area (Å²) in [4.78, 5) is 22.0. The minimum absolute atomic E-state index is 0.0863. The normalized spacial score (nSPS) is 19.2. The van der Waals surface area contributed by atoms with Gasteiger partial charge in [-0.1, -0.05) is 12.1 Å². The fraction of sp³-hybridized carbons (Fsp3) is 0.421. The van der Waals surface area contributed by atoms with Gasteiger partial charge in [-0.05, 0) is 31.4 Å². The molecule has 33 heavy (non-hydrogen) atoms. The van der Waals surface area contributed by atoms with Crippen molar-refractivity contribution in [1.29, 1.82) is 0 Å². The molecule has 2 aliphatic rings. The lowest BCUT2D eigenvalue weighted by Crippen LogP contribution is -2.35. The molecular formula is C19H18F7N3O4. The highest BCUT2D eigenvalue weighted by molar-refractivity contribution is 5.73. The maximum absolute atomic E-state index is 14.3. The molecule has 7 nitrogen and oxygen atoms in total. The van der Waals surface area contributed by atoms with Crippen LogP contribution < -0.4 is 5.32 Å². The summed E-state index contributed by atoms with van der Waals surface area (Å²) in [6, 6.07) is 5.46. The SMILES string of the molecule is Fc1cccc2c1C(C1CCCNC1)n1cncc1-2.O=C(O)C(F)(F)F.O=C(O)C(F)(F)F. The van der Waals surface area contributed by atoms with Crippen LogP contribution in [0.1, 0.15) is 24.4 Å². The molecule has 3 heterocycles. The number of aromatic nitrogens is 2. The molecule has 2 aromatic rings. The zero-order chi connectivity index (χ0) is 25.0. The van der Waals surface area contributed by atoms with Crippen molar-refractivity contribution in [3.63, 3.8) is 0 Å². The Kier molecular flexibility index (Phi) is 8.06. The number of imidazole rings is 1. The Morgan fingerprint density at radius 1 is 1.06 bits per heavy atom. The zero-order valence-electron chi connectivity index (χ0n) is 16.6. The lowest BCUT2D eigenvalue weighted by molar-refractivity contribution is -0.193. The van der Waals surface area contributed by atoms with Gasteiger partial charge in [-0.15, -0.1) is 0 Å². The smallest absolute Gasteiger partial charge is 0.475 e. The number of aliphatic carboxylic acids is 2. The first-order valence-electron chi connectivity index (χ1n) is 9.36. The second-order valence-electron chi connectivity index (χ2n) is 7.04. The first kappa shape index (κ1) is 26.1. The van der Waals surface area contributed by atoms with E-state index in [0.29, 0.717) is 5.92 Å². The molecule has 0 amide bonds. The average molecular weight is 485 g/mol. The molecule has 1 aromatic heterocycles. The summed E-state index contributed by atoms with van der Waals surface area (Å²) in [6.07, 6.45) is -4.18. The van der Waals surface area contributed by atoms with Gasteiger partial charge in [-0.25, -0.2) is 19.0 Å². The highest BCUT2D eigenvalue weighted by Crippen LogP contribution is 2.45. The number of piperidine rings is 1. The van der Waals surface area contributed by atoms with E-state index < -0.39 is 24.3 Å². The third-order valence-corrected chi connectivity index (χ3v) is 4.86. The highest BCUT2D eigenvalue weighted by Gasteiger charge is 2.39. The van der Waals surface area contributed by atoms with Crippen LogP contribution >= 0.6 is 0 Å². The molecule has 3 N–H and O–H groups in total. The Labute approximate surface area is 181 Å². The number of carboxylic acids is 2. The molecule has 2 unspecified atom stereocenters. The number of hydrogen-bond donors (Lipinski definition) is 3. The maximum Gasteiger partial charge on any atom is 0.490 e. The van der Waals surface area contributed by atoms with E-state index in [4.69, 9.17) is 19.8 Å². The number of fused-ring (bicyclic) bond motifs is 3. The van der Waals surface area contributed by atoms with Gasteiger partial charge in [0.2, 0.25) is 0 Å². The van der Waals surface area contributed by atoms with Crippen LogP contribution in [-0.4, -0.2) is 57.1 Å². The van der Waals surface area contributed by atoms with Crippen LogP contribution in [0.5, 0.6) is 0 Å². The predicted octanol–water partition coefficient (Wildman–Crippen LogP) is 3.86. The van der Waals surface area contributed by atoms with E-state index in [1.807, 2.05) is 18.6 Å². The van der Waals surface area contributed by atoms with E-state index in [1.165, 1.54) is 0 Å². The molecule has 0 saturated carbocycles. The lowest BCUT2D eigenvalue weighted by atomic mass is 9.87. The second kappa shape index (κ2) is 10.2. The molecule has 0 spiro atoms. The average Bonchev–Trinajstić information content (AvgIpc) is 3.30. The summed E-state index contributed by atoms with van der Waals surface area (Å²) in [7, 11) is 0. The minimum Gasteiger partial charge on any atom is -0.475 e. The van der Waals surface area contributed by atoms with Crippen LogP contribution in [0.25, 0.3) is 11.3 Å². The van der Waals surface area contributed by atoms with Crippen LogP contribution in [0.3, 0.4) is 0 Å². The Bertz CT molecular complexity index is 958.